The van der Waals surface area contributed by atoms with Gasteiger partial charge in [-0.25, -0.2) is 0 Å². The van der Waals surface area contributed by atoms with Gasteiger partial charge in [-0.05, 0) is 53.4 Å². The number of fused-ring (bicyclic) bond motifs is 1. The van der Waals surface area contributed by atoms with Crippen LogP contribution in [0.3, 0.4) is 0 Å². The van der Waals surface area contributed by atoms with E-state index >= 15 is 0 Å². The Hall–Kier alpha value is -1.32. The summed E-state index contributed by atoms with van der Waals surface area (Å²) in [6.07, 6.45) is 0. The van der Waals surface area contributed by atoms with Crippen molar-refractivity contribution < 1.29 is 0 Å². The Balaban J connectivity index is 1.84. The van der Waals surface area contributed by atoms with Gasteiger partial charge in [0.15, 0.2) is 0 Å². The third-order valence-corrected chi connectivity index (χ3v) is 4.76. The van der Waals surface area contributed by atoms with Crippen LogP contribution in [0.15, 0.2) is 47.2 Å². The highest BCUT2D eigenvalue weighted by Gasteiger charge is 2.06. The van der Waals surface area contributed by atoms with Crippen LogP contribution in [-0.2, 0) is 0 Å². The summed E-state index contributed by atoms with van der Waals surface area (Å²) in [6.45, 7) is 2.20. The van der Waals surface area contributed by atoms with Gasteiger partial charge in [0.2, 0.25) is 0 Å². The quantitative estimate of drug-likeness (QED) is 0.687. The monoisotopic (exact) mass is 259 g/mol. The van der Waals surface area contributed by atoms with Crippen molar-refractivity contribution in [3.05, 3.63) is 52.0 Å². The molecule has 3 rings (SSSR count). The first-order chi connectivity index (χ1) is 8.33. The molecule has 86 valence electrons. The molecular formula is C14H13NS2. The molecule has 1 unspecified atom stereocenters. The zero-order valence-corrected chi connectivity index (χ0v) is 11.1. The lowest BCUT2D eigenvalue weighted by molar-refractivity contribution is 0.909. The lowest BCUT2D eigenvalue weighted by Gasteiger charge is -2.13. The average molecular weight is 259 g/mol. The summed E-state index contributed by atoms with van der Waals surface area (Å²) < 4.78 is 1.35. The van der Waals surface area contributed by atoms with E-state index in [1.54, 1.807) is 22.7 Å². The summed E-state index contributed by atoms with van der Waals surface area (Å²) in [7, 11) is 0. The van der Waals surface area contributed by atoms with Crippen LogP contribution in [0.5, 0.6) is 0 Å². The summed E-state index contributed by atoms with van der Waals surface area (Å²) >= 11 is 3.58. The molecule has 0 aliphatic carbocycles. The van der Waals surface area contributed by atoms with Gasteiger partial charge in [0, 0.05) is 15.3 Å². The van der Waals surface area contributed by atoms with Gasteiger partial charge in [0.25, 0.3) is 0 Å². The van der Waals surface area contributed by atoms with Crippen molar-refractivity contribution in [2.45, 2.75) is 13.0 Å². The summed E-state index contributed by atoms with van der Waals surface area (Å²) in [5.41, 5.74) is 1.19. The number of thiophene rings is 2. The van der Waals surface area contributed by atoms with Gasteiger partial charge < -0.3 is 5.32 Å². The van der Waals surface area contributed by atoms with E-state index in [9.17, 15) is 0 Å². The third kappa shape index (κ3) is 2.21. The average Bonchev–Trinajstić information content (AvgIpc) is 2.99. The molecule has 0 aliphatic rings. The molecule has 2 aromatic heterocycles. The molecule has 17 heavy (non-hydrogen) atoms. The Morgan fingerprint density at radius 1 is 1.06 bits per heavy atom. The van der Waals surface area contributed by atoms with Crippen molar-refractivity contribution in [1.29, 1.82) is 0 Å². The first-order valence-corrected chi connectivity index (χ1v) is 7.36. The molecular weight excluding hydrogens is 246 g/mol. The normalized spacial score (nSPS) is 12.8. The predicted molar refractivity (Wildman–Crippen MR) is 78.2 cm³/mol. The maximum atomic E-state index is 3.54. The van der Waals surface area contributed by atoms with Crippen molar-refractivity contribution in [3.8, 4) is 0 Å². The summed E-state index contributed by atoms with van der Waals surface area (Å²) in [4.78, 5) is 1.37. The number of hydrogen-bond acceptors (Lipinski definition) is 3. The number of anilines is 1. The van der Waals surface area contributed by atoms with E-state index in [0.717, 1.165) is 0 Å². The van der Waals surface area contributed by atoms with E-state index in [0.29, 0.717) is 6.04 Å². The lowest BCUT2D eigenvalue weighted by atomic mass is 10.2. The van der Waals surface area contributed by atoms with Gasteiger partial charge in [0.05, 0.1) is 6.04 Å². The van der Waals surface area contributed by atoms with Gasteiger partial charge in [0.1, 0.15) is 0 Å². The summed E-state index contributed by atoms with van der Waals surface area (Å²) in [6, 6.07) is 13.4. The Labute approximate surface area is 109 Å². The highest BCUT2D eigenvalue weighted by Crippen LogP contribution is 2.27. The molecule has 1 nitrogen and oxygen atoms in total. The fourth-order valence-electron chi connectivity index (χ4n) is 1.92. The van der Waals surface area contributed by atoms with Gasteiger partial charge in [-0.3, -0.25) is 0 Å². The van der Waals surface area contributed by atoms with Crippen molar-refractivity contribution in [2.24, 2.45) is 0 Å². The highest BCUT2D eigenvalue weighted by atomic mass is 32.1. The molecule has 1 aromatic carbocycles. The molecule has 3 heteroatoms. The second-order valence-corrected chi connectivity index (χ2v) is 5.98. The molecule has 1 atom stereocenters. The molecule has 0 bridgehead atoms. The second kappa shape index (κ2) is 4.51. The second-order valence-electron chi connectivity index (χ2n) is 4.05. The van der Waals surface area contributed by atoms with Crippen molar-refractivity contribution >= 4 is 38.4 Å². The minimum Gasteiger partial charge on any atom is -0.378 e. The van der Waals surface area contributed by atoms with E-state index in [4.69, 9.17) is 0 Å². The maximum Gasteiger partial charge on any atom is 0.0578 e. The SMILES string of the molecule is CC(Nc1ccc2sccc2c1)c1cccs1. The molecule has 0 saturated carbocycles. The van der Waals surface area contributed by atoms with E-state index < -0.39 is 0 Å². The molecule has 0 aliphatic heterocycles. The molecule has 0 spiro atoms. The number of benzene rings is 1. The summed E-state index contributed by atoms with van der Waals surface area (Å²) in [5, 5.41) is 9.12. The van der Waals surface area contributed by atoms with Crippen LogP contribution in [0.1, 0.15) is 17.8 Å². The van der Waals surface area contributed by atoms with Crippen LogP contribution in [0.4, 0.5) is 5.69 Å². The Morgan fingerprint density at radius 3 is 2.82 bits per heavy atom. The molecule has 2 heterocycles. The number of hydrogen-bond donors (Lipinski definition) is 1. The minimum atomic E-state index is 0.367. The third-order valence-electron chi connectivity index (χ3n) is 2.81. The van der Waals surface area contributed by atoms with Gasteiger partial charge >= 0.3 is 0 Å². The largest absolute Gasteiger partial charge is 0.378 e. The minimum absolute atomic E-state index is 0.367. The van der Waals surface area contributed by atoms with Gasteiger partial charge in [-0.15, -0.1) is 22.7 Å². The number of rotatable bonds is 3. The van der Waals surface area contributed by atoms with Crippen LogP contribution < -0.4 is 5.32 Å². The Kier molecular flexibility index (Phi) is 2.87. The first kappa shape index (κ1) is 10.8. The molecule has 0 amide bonds. The molecule has 3 aromatic rings. The topological polar surface area (TPSA) is 12.0 Å². The van der Waals surface area contributed by atoms with E-state index in [-0.39, 0.29) is 0 Å². The van der Waals surface area contributed by atoms with Gasteiger partial charge in [-0.2, -0.15) is 0 Å². The fraction of sp³-hybridized carbons (Fsp3) is 0.143. The Morgan fingerprint density at radius 2 is 2.00 bits per heavy atom. The maximum absolute atomic E-state index is 3.54. The standard InChI is InChI=1S/C14H13NS2/c1-10(13-3-2-7-16-13)15-12-4-5-14-11(9-12)6-8-17-14/h2-10,15H,1H3. The van der Waals surface area contributed by atoms with E-state index in [1.807, 2.05) is 0 Å². The number of nitrogens with one attached hydrogen (secondary N) is 1. The van der Waals surface area contributed by atoms with Crippen LogP contribution in [0.25, 0.3) is 10.1 Å². The lowest BCUT2D eigenvalue weighted by Crippen LogP contribution is -2.04. The van der Waals surface area contributed by atoms with Crippen LogP contribution >= 0.6 is 22.7 Å². The van der Waals surface area contributed by atoms with Crippen LogP contribution in [0, 0.1) is 0 Å². The predicted octanol–water partition coefficient (Wildman–Crippen LogP) is 5.14. The van der Waals surface area contributed by atoms with E-state index in [1.165, 1.54) is 20.7 Å². The zero-order valence-electron chi connectivity index (χ0n) is 9.51. The van der Waals surface area contributed by atoms with Crippen LogP contribution in [0.2, 0.25) is 0 Å². The molecule has 0 radical (unpaired) electrons. The summed E-state index contributed by atoms with van der Waals surface area (Å²) in [5.74, 6) is 0. The highest BCUT2D eigenvalue weighted by molar-refractivity contribution is 7.17. The van der Waals surface area contributed by atoms with Gasteiger partial charge in [-0.1, -0.05) is 6.07 Å². The zero-order chi connectivity index (χ0) is 11.7. The Bertz CT molecular complexity index is 610. The smallest absolute Gasteiger partial charge is 0.0578 e. The van der Waals surface area contributed by atoms with E-state index in [2.05, 4.69) is 59.4 Å². The molecule has 1 N–H and O–H groups in total. The van der Waals surface area contributed by atoms with Crippen molar-refractivity contribution in [2.75, 3.05) is 5.32 Å². The first-order valence-electron chi connectivity index (χ1n) is 5.60. The fourth-order valence-corrected chi connectivity index (χ4v) is 3.42. The van der Waals surface area contributed by atoms with Crippen molar-refractivity contribution in [1.82, 2.24) is 0 Å². The van der Waals surface area contributed by atoms with Crippen LogP contribution in [-0.4, -0.2) is 0 Å². The van der Waals surface area contributed by atoms with Crippen molar-refractivity contribution in [3.63, 3.8) is 0 Å². The molecule has 0 saturated heterocycles. The molecule has 0 fully saturated rings.